The molecule has 102 valence electrons. The van der Waals surface area contributed by atoms with Crippen molar-refractivity contribution in [1.29, 1.82) is 0 Å². The quantitative estimate of drug-likeness (QED) is 0.731. The van der Waals surface area contributed by atoms with Gasteiger partial charge in [-0.2, -0.15) is 0 Å². The molecule has 0 aliphatic carbocycles. The fourth-order valence-electron chi connectivity index (χ4n) is 1.77. The molecule has 2 N–H and O–H groups in total. The highest BCUT2D eigenvalue weighted by molar-refractivity contribution is 5.08. The Hall–Kier alpha value is -1.06. The maximum absolute atomic E-state index is 10.3. The lowest BCUT2D eigenvalue weighted by molar-refractivity contribution is 0.0318. The SMILES string of the molecule is CC(C)=CCCC(C)NCC(C)(O)c1ccco1. The van der Waals surface area contributed by atoms with Crippen LogP contribution in [0.25, 0.3) is 0 Å². The summed E-state index contributed by atoms with van der Waals surface area (Å²) in [6.07, 6.45) is 5.96. The monoisotopic (exact) mass is 251 g/mol. The van der Waals surface area contributed by atoms with Gasteiger partial charge in [-0.15, -0.1) is 0 Å². The van der Waals surface area contributed by atoms with E-state index >= 15 is 0 Å². The van der Waals surface area contributed by atoms with E-state index in [1.54, 1.807) is 25.3 Å². The number of hydrogen-bond acceptors (Lipinski definition) is 3. The molecule has 2 unspecified atom stereocenters. The van der Waals surface area contributed by atoms with E-state index < -0.39 is 5.60 Å². The number of nitrogens with one attached hydrogen (secondary N) is 1. The lowest BCUT2D eigenvalue weighted by Crippen LogP contribution is -2.39. The van der Waals surface area contributed by atoms with E-state index in [9.17, 15) is 5.11 Å². The van der Waals surface area contributed by atoms with Gasteiger partial charge < -0.3 is 14.8 Å². The number of allylic oxidation sites excluding steroid dienone is 2. The Morgan fingerprint density at radius 2 is 2.28 bits per heavy atom. The molecular formula is C15H25NO2. The average molecular weight is 251 g/mol. The van der Waals surface area contributed by atoms with E-state index in [1.807, 2.05) is 0 Å². The third kappa shape index (κ3) is 5.07. The first-order valence-electron chi connectivity index (χ1n) is 6.55. The summed E-state index contributed by atoms with van der Waals surface area (Å²) >= 11 is 0. The van der Waals surface area contributed by atoms with Crippen LogP contribution in [0.2, 0.25) is 0 Å². The highest BCUT2D eigenvalue weighted by Gasteiger charge is 2.26. The summed E-state index contributed by atoms with van der Waals surface area (Å²) in [5, 5.41) is 13.6. The van der Waals surface area contributed by atoms with E-state index in [0.717, 1.165) is 12.8 Å². The van der Waals surface area contributed by atoms with Crippen molar-refractivity contribution >= 4 is 0 Å². The second-order valence-electron chi connectivity index (χ2n) is 5.39. The second kappa shape index (κ2) is 6.76. The van der Waals surface area contributed by atoms with Gasteiger partial charge in [0, 0.05) is 12.6 Å². The Morgan fingerprint density at radius 1 is 1.56 bits per heavy atom. The van der Waals surface area contributed by atoms with E-state index in [4.69, 9.17) is 4.42 Å². The predicted molar refractivity (Wildman–Crippen MR) is 74.4 cm³/mol. The van der Waals surface area contributed by atoms with Gasteiger partial charge in [0.15, 0.2) is 0 Å². The molecule has 18 heavy (non-hydrogen) atoms. The van der Waals surface area contributed by atoms with Crippen molar-refractivity contribution in [1.82, 2.24) is 5.32 Å². The van der Waals surface area contributed by atoms with Gasteiger partial charge in [0.2, 0.25) is 0 Å². The van der Waals surface area contributed by atoms with Gasteiger partial charge in [-0.05, 0) is 52.7 Å². The molecule has 0 aliphatic heterocycles. The second-order valence-corrected chi connectivity index (χ2v) is 5.39. The van der Waals surface area contributed by atoms with Gasteiger partial charge in [0.25, 0.3) is 0 Å². The zero-order valence-corrected chi connectivity index (χ0v) is 11.9. The molecule has 0 amide bonds. The maximum Gasteiger partial charge on any atom is 0.136 e. The topological polar surface area (TPSA) is 45.4 Å². The van der Waals surface area contributed by atoms with Crippen LogP contribution in [0.4, 0.5) is 0 Å². The zero-order valence-electron chi connectivity index (χ0n) is 11.9. The van der Waals surface area contributed by atoms with Crippen LogP contribution in [0.15, 0.2) is 34.5 Å². The summed E-state index contributed by atoms with van der Waals surface area (Å²) in [4.78, 5) is 0. The minimum absolute atomic E-state index is 0.377. The lowest BCUT2D eigenvalue weighted by atomic mass is 10.0. The molecule has 3 nitrogen and oxygen atoms in total. The molecule has 0 aliphatic rings. The lowest BCUT2D eigenvalue weighted by Gasteiger charge is -2.24. The Morgan fingerprint density at radius 3 is 2.83 bits per heavy atom. The van der Waals surface area contributed by atoms with Crippen LogP contribution in [-0.2, 0) is 5.60 Å². The Balaban J connectivity index is 2.34. The zero-order chi connectivity index (χ0) is 13.6. The van der Waals surface area contributed by atoms with E-state index in [-0.39, 0.29) is 0 Å². The summed E-state index contributed by atoms with van der Waals surface area (Å²) in [6, 6.07) is 3.97. The molecule has 1 aromatic rings. The number of furan rings is 1. The minimum Gasteiger partial charge on any atom is -0.466 e. The molecular weight excluding hydrogens is 226 g/mol. The average Bonchev–Trinajstić information content (AvgIpc) is 2.80. The summed E-state index contributed by atoms with van der Waals surface area (Å²) in [6.45, 7) is 8.62. The number of rotatable bonds is 7. The Labute approximate surface area is 110 Å². The number of hydrogen-bond donors (Lipinski definition) is 2. The summed E-state index contributed by atoms with van der Waals surface area (Å²) < 4.78 is 5.24. The van der Waals surface area contributed by atoms with E-state index in [1.165, 1.54) is 5.57 Å². The van der Waals surface area contributed by atoms with Gasteiger partial charge >= 0.3 is 0 Å². The van der Waals surface area contributed by atoms with Crippen molar-refractivity contribution in [2.75, 3.05) is 6.54 Å². The molecule has 0 saturated heterocycles. The number of aliphatic hydroxyl groups is 1. The smallest absolute Gasteiger partial charge is 0.136 e. The normalized spacial score (nSPS) is 16.1. The Kier molecular flexibility index (Phi) is 5.63. The molecule has 0 bridgehead atoms. The molecule has 0 aromatic carbocycles. The van der Waals surface area contributed by atoms with E-state index in [0.29, 0.717) is 18.3 Å². The molecule has 2 atom stereocenters. The first kappa shape index (κ1) is 15.0. The van der Waals surface area contributed by atoms with Crippen molar-refractivity contribution in [2.24, 2.45) is 0 Å². The van der Waals surface area contributed by atoms with Crippen molar-refractivity contribution in [3.8, 4) is 0 Å². The first-order chi connectivity index (χ1) is 8.42. The molecule has 0 radical (unpaired) electrons. The summed E-state index contributed by atoms with van der Waals surface area (Å²) in [5.74, 6) is 0.603. The van der Waals surface area contributed by atoms with Crippen LogP contribution in [-0.4, -0.2) is 17.7 Å². The van der Waals surface area contributed by atoms with Crippen molar-refractivity contribution in [2.45, 2.75) is 52.2 Å². The third-order valence-corrected chi connectivity index (χ3v) is 3.00. The van der Waals surface area contributed by atoms with Crippen LogP contribution in [0.1, 0.15) is 46.3 Å². The molecule has 0 fully saturated rings. The van der Waals surface area contributed by atoms with Crippen LogP contribution in [0.3, 0.4) is 0 Å². The van der Waals surface area contributed by atoms with Gasteiger partial charge in [0.1, 0.15) is 11.4 Å². The van der Waals surface area contributed by atoms with Gasteiger partial charge in [-0.3, -0.25) is 0 Å². The predicted octanol–water partition coefficient (Wildman–Crippen LogP) is 3.21. The van der Waals surface area contributed by atoms with Gasteiger partial charge in [-0.25, -0.2) is 0 Å². The third-order valence-electron chi connectivity index (χ3n) is 3.00. The largest absolute Gasteiger partial charge is 0.466 e. The molecule has 0 spiro atoms. The van der Waals surface area contributed by atoms with Gasteiger partial charge in [-0.1, -0.05) is 11.6 Å². The molecule has 3 heteroatoms. The highest BCUT2D eigenvalue weighted by atomic mass is 16.4. The van der Waals surface area contributed by atoms with Crippen LogP contribution in [0.5, 0.6) is 0 Å². The standard InChI is InChI=1S/C15H25NO2/c1-12(2)7-5-8-13(3)16-11-15(4,17)14-9-6-10-18-14/h6-7,9-10,13,16-17H,5,8,11H2,1-4H3. The fourth-order valence-corrected chi connectivity index (χ4v) is 1.77. The fraction of sp³-hybridized carbons (Fsp3) is 0.600. The minimum atomic E-state index is -0.950. The van der Waals surface area contributed by atoms with Crippen LogP contribution < -0.4 is 5.32 Å². The maximum atomic E-state index is 10.3. The molecule has 1 rings (SSSR count). The molecule has 0 saturated carbocycles. The first-order valence-corrected chi connectivity index (χ1v) is 6.55. The van der Waals surface area contributed by atoms with Crippen molar-refractivity contribution in [3.05, 3.63) is 35.8 Å². The van der Waals surface area contributed by atoms with Crippen molar-refractivity contribution in [3.63, 3.8) is 0 Å². The van der Waals surface area contributed by atoms with Crippen LogP contribution >= 0.6 is 0 Å². The summed E-state index contributed by atoms with van der Waals surface area (Å²) in [7, 11) is 0. The highest BCUT2D eigenvalue weighted by Crippen LogP contribution is 2.20. The Bertz CT molecular complexity index is 362. The molecule has 1 aromatic heterocycles. The molecule has 1 heterocycles. The van der Waals surface area contributed by atoms with E-state index in [2.05, 4.69) is 32.2 Å². The summed E-state index contributed by atoms with van der Waals surface area (Å²) in [5.41, 5.74) is 0.402. The van der Waals surface area contributed by atoms with Crippen LogP contribution in [0, 0.1) is 0 Å². The van der Waals surface area contributed by atoms with Crippen molar-refractivity contribution < 1.29 is 9.52 Å². The van der Waals surface area contributed by atoms with Gasteiger partial charge in [0.05, 0.1) is 6.26 Å².